The van der Waals surface area contributed by atoms with Gasteiger partial charge in [0.25, 0.3) is 0 Å². The van der Waals surface area contributed by atoms with Gasteiger partial charge in [0.2, 0.25) is 5.91 Å². The van der Waals surface area contributed by atoms with Crippen molar-refractivity contribution in [1.82, 2.24) is 23.9 Å². The van der Waals surface area contributed by atoms with Crippen LogP contribution in [0.3, 0.4) is 0 Å². The molecular formula is C36H47N5O7S2. The van der Waals surface area contributed by atoms with Crippen molar-refractivity contribution in [3.8, 4) is 16.5 Å². The van der Waals surface area contributed by atoms with Gasteiger partial charge in [-0.05, 0) is 70.1 Å². The third-order valence-electron chi connectivity index (χ3n) is 9.42. The maximum atomic E-state index is 14.1. The average Bonchev–Trinajstić information content (AvgIpc) is 3.32. The normalized spacial score (nSPS) is 22.2. The van der Waals surface area contributed by atoms with E-state index in [9.17, 15) is 22.8 Å². The zero-order chi connectivity index (χ0) is 36.9. The number of carbonyl (C=O) groups excluding carboxylic acids is 3. The van der Waals surface area contributed by atoms with E-state index >= 15 is 0 Å². The molecular weight excluding hydrogens is 679 g/mol. The largest absolute Gasteiger partial charge is 0.488 e. The number of nitrogens with one attached hydrogen (secondary N) is 1. The van der Waals surface area contributed by atoms with E-state index in [-0.39, 0.29) is 37.5 Å². The summed E-state index contributed by atoms with van der Waals surface area (Å²) in [5.41, 5.74) is 2.37. The highest BCUT2D eigenvalue weighted by atomic mass is 32.2. The molecule has 12 nitrogen and oxygen atoms in total. The quantitative estimate of drug-likeness (QED) is 0.238. The average molecular weight is 726 g/mol. The Morgan fingerprint density at radius 3 is 2.48 bits per heavy atom. The van der Waals surface area contributed by atoms with Gasteiger partial charge in [-0.15, -0.1) is 17.9 Å². The maximum Gasteiger partial charge on any atom is 0.411 e. The monoisotopic (exact) mass is 725 g/mol. The Hall–Kier alpha value is -3.88. The molecule has 270 valence electrons. The van der Waals surface area contributed by atoms with E-state index in [4.69, 9.17) is 19.4 Å². The van der Waals surface area contributed by atoms with Gasteiger partial charge in [0.1, 0.15) is 28.2 Å². The first-order valence-electron chi connectivity index (χ1n) is 16.7. The fraction of sp³-hybridized carbons (Fsp3) is 0.528. The molecule has 1 N–H and O–H groups in total. The summed E-state index contributed by atoms with van der Waals surface area (Å²) in [7, 11) is -1.48. The van der Waals surface area contributed by atoms with Crippen LogP contribution in [0.4, 0.5) is 4.79 Å². The molecule has 3 heterocycles. The summed E-state index contributed by atoms with van der Waals surface area (Å²) in [6.07, 6.45) is 0.399. The Morgan fingerprint density at radius 2 is 1.90 bits per heavy atom. The highest BCUT2D eigenvalue weighted by Gasteiger charge is 2.61. The number of nitrogens with zero attached hydrogens (tertiary/aromatic N) is 4. The second-order valence-corrected chi connectivity index (χ2v) is 17.6. The topological polar surface area (TPSA) is 148 Å². The highest BCUT2D eigenvalue weighted by molar-refractivity contribution is 7.87. The van der Waals surface area contributed by atoms with Crippen LogP contribution in [-0.2, 0) is 24.5 Å². The number of fused-ring (bicyclic) bond motifs is 1. The van der Waals surface area contributed by atoms with Crippen LogP contribution in [-0.4, -0.2) is 83.8 Å². The van der Waals surface area contributed by atoms with E-state index in [0.29, 0.717) is 11.4 Å². The minimum Gasteiger partial charge on any atom is -0.488 e. The molecule has 1 saturated heterocycles. The van der Waals surface area contributed by atoms with Crippen LogP contribution in [0.2, 0.25) is 0 Å². The second kappa shape index (κ2) is 13.7. The molecule has 2 fully saturated rings. The van der Waals surface area contributed by atoms with E-state index in [1.54, 1.807) is 26.8 Å². The zero-order valence-electron chi connectivity index (χ0n) is 30.2. The van der Waals surface area contributed by atoms with Crippen molar-refractivity contribution in [2.45, 2.75) is 91.4 Å². The number of likely N-dealkylation sites (tertiary alicyclic amines) is 1. The van der Waals surface area contributed by atoms with E-state index in [1.807, 2.05) is 37.4 Å². The molecule has 4 atom stereocenters. The molecule has 1 aromatic carbocycles. The molecule has 0 unspecified atom stereocenters. The van der Waals surface area contributed by atoms with Gasteiger partial charge in [-0.2, -0.15) is 12.7 Å². The number of pyridine rings is 1. The fourth-order valence-electron chi connectivity index (χ4n) is 6.19. The Bertz CT molecular complexity index is 1950. The van der Waals surface area contributed by atoms with Crippen molar-refractivity contribution in [2.75, 3.05) is 20.6 Å². The number of carbonyl (C=O) groups is 3. The molecule has 0 radical (unpaired) electrons. The lowest BCUT2D eigenvalue weighted by atomic mass is 9.91. The minimum atomic E-state index is -4.09. The number of allylic oxidation sites excluding steroid dienone is 1. The molecule has 2 amide bonds. The summed E-state index contributed by atoms with van der Waals surface area (Å²) in [4.78, 5) is 52.3. The van der Waals surface area contributed by atoms with Crippen molar-refractivity contribution in [3.63, 3.8) is 0 Å². The number of thiazole rings is 1. The van der Waals surface area contributed by atoms with Gasteiger partial charge in [0.15, 0.2) is 5.78 Å². The Balaban J connectivity index is 1.48. The van der Waals surface area contributed by atoms with Crippen LogP contribution in [0.25, 0.3) is 21.6 Å². The first-order chi connectivity index (χ1) is 23.3. The number of amides is 2. The van der Waals surface area contributed by atoms with E-state index in [2.05, 4.69) is 25.1 Å². The number of benzene rings is 1. The predicted molar refractivity (Wildman–Crippen MR) is 193 cm³/mol. The Labute approximate surface area is 298 Å². The van der Waals surface area contributed by atoms with Crippen molar-refractivity contribution in [1.29, 1.82) is 0 Å². The molecule has 2 aromatic heterocycles. The summed E-state index contributed by atoms with van der Waals surface area (Å²) in [6, 6.07) is 4.85. The van der Waals surface area contributed by atoms with Gasteiger partial charge < -0.3 is 9.47 Å². The van der Waals surface area contributed by atoms with Gasteiger partial charge in [-0.1, -0.05) is 26.0 Å². The smallest absolute Gasteiger partial charge is 0.411 e. The van der Waals surface area contributed by atoms with E-state index in [0.717, 1.165) is 37.0 Å². The third-order valence-corrected chi connectivity index (χ3v) is 11.7. The number of ketones is 1. The number of rotatable bonds is 11. The molecule has 1 aliphatic carbocycles. The SMILES string of the molecule is C=C[C@@H]1C[C@]1(CC(=O)[C@@H]1C[C@@H](Oc2cc(-c3nc(C(C)C)cs3)nc3c(C)c(C)ccc23)CN1C(=O)OC(C)(C)C)C(=O)NS(=O)(=O)N(C)C. The van der Waals surface area contributed by atoms with E-state index in [1.165, 1.54) is 30.3 Å². The van der Waals surface area contributed by atoms with Crippen molar-refractivity contribution in [2.24, 2.45) is 11.3 Å². The Kier molecular flexibility index (Phi) is 10.2. The molecule has 50 heavy (non-hydrogen) atoms. The molecule has 5 rings (SSSR count). The number of aromatic nitrogens is 2. The van der Waals surface area contributed by atoms with Crippen molar-refractivity contribution in [3.05, 3.63) is 53.1 Å². The first kappa shape index (κ1) is 37.4. The van der Waals surface area contributed by atoms with Crippen LogP contribution >= 0.6 is 11.3 Å². The molecule has 14 heteroatoms. The molecule has 3 aromatic rings. The summed E-state index contributed by atoms with van der Waals surface area (Å²) >= 11 is 1.51. The predicted octanol–water partition coefficient (Wildman–Crippen LogP) is 5.93. The van der Waals surface area contributed by atoms with Crippen LogP contribution in [0.15, 0.2) is 36.2 Å². The number of hydrogen-bond donors (Lipinski definition) is 1. The van der Waals surface area contributed by atoms with Gasteiger partial charge in [-0.25, -0.2) is 19.5 Å². The van der Waals surface area contributed by atoms with Gasteiger partial charge in [0, 0.05) is 43.8 Å². The second-order valence-electron chi connectivity index (χ2n) is 14.8. The van der Waals surface area contributed by atoms with E-state index < -0.39 is 51.3 Å². The van der Waals surface area contributed by atoms with Crippen LogP contribution in [0.5, 0.6) is 5.75 Å². The highest BCUT2D eigenvalue weighted by Crippen LogP contribution is 2.57. The number of ether oxygens (including phenoxy) is 2. The van der Waals surface area contributed by atoms with Crippen molar-refractivity contribution < 1.29 is 32.3 Å². The van der Waals surface area contributed by atoms with Crippen molar-refractivity contribution >= 4 is 50.2 Å². The maximum absolute atomic E-state index is 14.1. The number of Topliss-reactive ketones (excluding diaryl/α,β-unsaturated/α-hetero) is 1. The van der Waals surface area contributed by atoms with Crippen LogP contribution in [0, 0.1) is 25.2 Å². The number of aryl methyl sites for hydroxylation is 2. The van der Waals surface area contributed by atoms with Gasteiger partial charge in [-0.3, -0.25) is 14.5 Å². The van der Waals surface area contributed by atoms with Gasteiger partial charge >= 0.3 is 16.3 Å². The zero-order valence-corrected chi connectivity index (χ0v) is 31.8. The standard InChI is InChI=1S/C36H47N5O7S2/c1-11-23-16-36(23,33(43)39-50(45,46)40(9)10)17-29(42)28-14-24(18-41(28)34(44)48-35(6,7)8)47-30-15-26(32-38-27(19-49-32)20(2)3)37-31-22(5)21(4)12-13-25(30)31/h11-13,15,19-20,23-24,28H,1,14,16-18H2,2-10H3,(H,39,43)/t23-,24-,28+,36-/m1/s1. The number of hydrogen-bond acceptors (Lipinski definition) is 10. The molecule has 0 spiro atoms. The first-order valence-corrected chi connectivity index (χ1v) is 19.0. The third kappa shape index (κ3) is 7.57. The lowest BCUT2D eigenvalue weighted by Crippen LogP contribution is -2.47. The minimum absolute atomic E-state index is 0.0587. The molecule has 2 aliphatic rings. The van der Waals surface area contributed by atoms with Gasteiger partial charge in [0.05, 0.1) is 29.2 Å². The lowest BCUT2D eigenvalue weighted by molar-refractivity contribution is -0.131. The fourth-order valence-corrected chi connectivity index (χ4v) is 7.75. The summed E-state index contributed by atoms with van der Waals surface area (Å²) in [5.74, 6) is -0.757. The summed E-state index contributed by atoms with van der Waals surface area (Å²) in [5, 5.41) is 3.58. The molecule has 1 saturated carbocycles. The van der Waals surface area contributed by atoms with Crippen LogP contribution < -0.4 is 9.46 Å². The molecule has 1 aliphatic heterocycles. The van der Waals surface area contributed by atoms with Crippen LogP contribution in [0.1, 0.15) is 76.6 Å². The lowest BCUT2D eigenvalue weighted by Gasteiger charge is -2.28. The Morgan fingerprint density at radius 1 is 1.20 bits per heavy atom. The summed E-state index contributed by atoms with van der Waals surface area (Å²) < 4.78 is 40.4. The molecule has 0 bridgehead atoms. The summed E-state index contributed by atoms with van der Waals surface area (Å²) in [6.45, 7) is 17.3.